The van der Waals surface area contributed by atoms with Crippen LogP contribution in [0.3, 0.4) is 0 Å². The number of hydrogen-bond donors (Lipinski definition) is 0. The quantitative estimate of drug-likeness (QED) is 0.357. The van der Waals surface area contributed by atoms with E-state index in [2.05, 4.69) is 4.74 Å². The molecule has 0 saturated heterocycles. The molecule has 0 aliphatic carbocycles. The van der Waals surface area contributed by atoms with Crippen LogP contribution in [0.25, 0.3) is 0 Å². The zero-order valence-corrected chi connectivity index (χ0v) is 18.8. The minimum Gasteiger partial charge on any atom is -0.438 e. The normalized spacial score (nSPS) is 10.8. The highest BCUT2D eigenvalue weighted by molar-refractivity contribution is 7.91. The molecule has 0 aromatic heterocycles. The molecule has 0 aliphatic rings. The topological polar surface area (TPSA) is 105 Å². The summed E-state index contributed by atoms with van der Waals surface area (Å²) in [4.78, 5) is 23.2. The summed E-state index contributed by atoms with van der Waals surface area (Å²) >= 11 is 0. The predicted molar refractivity (Wildman–Crippen MR) is 118 cm³/mol. The molecule has 0 atom stereocenters. The van der Waals surface area contributed by atoms with E-state index < -0.39 is 22.1 Å². The molecule has 3 aromatic carbocycles. The number of carbonyl (C=O) groups is 2. The van der Waals surface area contributed by atoms with Crippen molar-refractivity contribution in [2.24, 2.45) is 0 Å². The van der Waals surface area contributed by atoms with Crippen LogP contribution in [0.1, 0.15) is 16.7 Å². The highest BCUT2D eigenvalue weighted by Gasteiger charge is 2.18. The van der Waals surface area contributed by atoms with Gasteiger partial charge in [-0.15, -0.1) is 0 Å². The predicted octanol–water partition coefficient (Wildman–Crippen LogP) is 4.83. The second kappa shape index (κ2) is 10.6. The summed E-state index contributed by atoms with van der Waals surface area (Å²) < 4.78 is 44.8. The first-order valence-corrected chi connectivity index (χ1v) is 11.3. The van der Waals surface area contributed by atoms with Crippen molar-refractivity contribution >= 4 is 22.1 Å². The van der Waals surface area contributed by atoms with Crippen LogP contribution in [0, 0.1) is 6.92 Å². The average Bonchev–Trinajstić information content (AvgIpc) is 2.82. The Bertz CT molecular complexity index is 1200. The van der Waals surface area contributed by atoms with Gasteiger partial charge in [0.25, 0.3) is 0 Å². The Morgan fingerprint density at radius 3 is 1.64 bits per heavy atom. The van der Waals surface area contributed by atoms with E-state index in [1.165, 1.54) is 31.4 Å². The smallest absolute Gasteiger partial charge is 0.438 e. The van der Waals surface area contributed by atoms with Crippen molar-refractivity contribution in [1.82, 2.24) is 0 Å². The molecule has 0 spiro atoms. The Labute approximate surface area is 191 Å². The third-order valence-corrected chi connectivity index (χ3v) is 6.36. The van der Waals surface area contributed by atoms with Crippen LogP contribution in [0.2, 0.25) is 0 Å². The highest BCUT2D eigenvalue weighted by atomic mass is 32.2. The van der Waals surface area contributed by atoms with Gasteiger partial charge in [0.2, 0.25) is 9.84 Å². The van der Waals surface area contributed by atoms with Gasteiger partial charge in [-0.1, -0.05) is 42.0 Å². The van der Waals surface area contributed by atoms with Gasteiger partial charge < -0.3 is 18.9 Å². The van der Waals surface area contributed by atoms with Gasteiger partial charge in [0.1, 0.15) is 19.0 Å². The number of ether oxygens (including phenoxy) is 4. The lowest BCUT2D eigenvalue weighted by molar-refractivity contribution is 0.0668. The molecule has 0 amide bonds. The summed E-state index contributed by atoms with van der Waals surface area (Å²) in [6, 6.07) is 18.9. The fourth-order valence-electron chi connectivity index (χ4n) is 2.74. The fraction of sp³-hybridized carbons (Fsp3) is 0.167. The molecule has 33 heavy (non-hydrogen) atoms. The second-order valence-electron chi connectivity index (χ2n) is 6.99. The first kappa shape index (κ1) is 23.8. The minimum atomic E-state index is -3.67. The van der Waals surface area contributed by atoms with E-state index in [0.29, 0.717) is 5.56 Å². The number of methoxy groups -OCH3 is 1. The summed E-state index contributed by atoms with van der Waals surface area (Å²) in [6.45, 7) is 1.90. The molecule has 3 rings (SSSR count). The van der Waals surface area contributed by atoms with Gasteiger partial charge in [-0.25, -0.2) is 18.0 Å². The zero-order valence-electron chi connectivity index (χ0n) is 18.0. The maximum atomic E-state index is 12.7. The fourth-order valence-corrected chi connectivity index (χ4v) is 4.00. The van der Waals surface area contributed by atoms with Crippen molar-refractivity contribution in [2.45, 2.75) is 29.9 Å². The van der Waals surface area contributed by atoms with E-state index in [1.807, 2.05) is 6.92 Å². The van der Waals surface area contributed by atoms with Crippen molar-refractivity contribution in [1.29, 1.82) is 0 Å². The van der Waals surface area contributed by atoms with Crippen molar-refractivity contribution in [3.05, 3.63) is 89.5 Å². The molecular weight excluding hydrogens is 448 g/mol. The number of aryl methyl sites for hydroxylation is 1. The Balaban J connectivity index is 1.52. The lowest BCUT2D eigenvalue weighted by Gasteiger charge is -2.08. The SMILES string of the molecule is COC(=O)OCc1ccc(COC(=O)Oc2ccc(S(=O)(=O)c3ccc(C)cc3)cc2)cc1. The first-order chi connectivity index (χ1) is 15.8. The van der Waals surface area contributed by atoms with Crippen LogP contribution in [0.5, 0.6) is 5.75 Å². The van der Waals surface area contributed by atoms with Gasteiger partial charge in [0.05, 0.1) is 16.9 Å². The molecular formula is C24H22O8S. The van der Waals surface area contributed by atoms with Crippen LogP contribution in [-0.2, 0) is 37.3 Å². The minimum absolute atomic E-state index is 0.0309. The largest absolute Gasteiger partial charge is 0.514 e. The molecule has 8 nitrogen and oxygen atoms in total. The van der Waals surface area contributed by atoms with E-state index >= 15 is 0 Å². The van der Waals surface area contributed by atoms with Gasteiger partial charge in [-0.3, -0.25) is 0 Å². The average molecular weight is 470 g/mol. The summed E-state index contributed by atoms with van der Waals surface area (Å²) in [7, 11) is -2.44. The molecule has 0 fully saturated rings. The Hall–Kier alpha value is -3.85. The third kappa shape index (κ3) is 6.56. The van der Waals surface area contributed by atoms with Crippen LogP contribution < -0.4 is 4.74 Å². The van der Waals surface area contributed by atoms with E-state index in [0.717, 1.165) is 11.1 Å². The van der Waals surface area contributed by atoms with Crippen LogP contribution in [0.4, 0.5) is 9.59 Å². The molecule has 0 saturated carbocycles. The zero-order chi connectivity index (χ0) is 23.8. The van der Waals surface area contributed by atoms with Crippen molar-refractivity contribution < 1.29 is 37.0 Å². The lowest BCUT2D eigenvalue weighted by atomic mass is 10.1. The summed E-state index contributed by atoms with van der Waals surface area (Å²) in [5, 5.41) is 0. The molecule has 0 bridgehead atoms. The maximum absolute atomic E-state index is 12.7. The molecule has 172 valence electrons. The second-order valence-corrected chi connectivity index (χ2v) is 8.94. The van der Waals surface area contributed by atoms with Crippen LogP contribution in [-0.4, -0.2) is 27.8 Å². The monoisotopic (exact) mass is 470 g/mol. The number of sulfone groups is 1. The number of hydrogen-bond acceptors (Lipinski definition) is 8. The summed E-state index contributed by atoms with van der Waals surface area (Å²) in [5.41, 5.74) is 2.40. The summed E-state index contributed by atoms with van der Waals surface area (Å²) in [5.74, 6) is 0.151. The number of rotatable bonds is 7. The van der Waals surface area contributed by atoms with Gasteiger partial charge in [0, 0.05) is 0 Å². The van der Waals surface area contributed by atoms with Crippen LogP contribution >= 0.6 is 0 Å². The van der Waals surface area contributed by atoms with E-state index in [1.54, 1.807) is 48.5 Å². The van der Waals surface area contributed by atoms with Gasteiger partial charge in [-0.2, -0.15) is 0 Å². The van der Waals surface area contributed by atoms with Crippen molar-refractivity contribution in [3.8, 4) is 5.75 Å². The molecule has 9 heteroatoms. The van der Waals surface area contributed by atoms with Gasteiger partial charge in [0.15, 0.2) is 0 Å². The maximum Gasteiger partial charge on any atom is 0.514 e. The molecule has 0 heterocycles. The standard InChI is InChI=1S/C24H22O8S/c1-17-3-11-21(12-4-17)33(27,28)22-13-9-20(10-14-22)32-24(26)31-16-19-7-5-18(6-8-19)15-30-23(25)29-2/h3-14H,15-16H2,1-2H3. The van der Waals surface area contributed by atoms with E-state index in [9.17, 15) is 18.0 Å². The molecule has 0 N–H and O–H groups in total. The van der Waals surface area contributed by atoms with E-state index in [4.69, 9.17) is 14.2 Å². The van der Waals surface area contributed by atoms with Gasteiger partial charge >= 0.3 is 12.3 Å². The molecule has 0 radical (unpaired) electrons. The van der Waals surface area contributed by atoms with Gasteiger partial charge in [-0.05, 0) is 54.4 Å². The molecule has 0 aliphatic heterocycles. The summed E-state index contributed by atoms with van der Waals surface area (Å²) in [6.07, 6.45) is -1.70. The Kier molecular flexibility index (Phi) is 7.68. The van der Waals surface area contributed by atoms with Crippen molar-refractivity contribution in [3.63, 3.8) is 0 Å². The highest BCUT2D eigenvalue weighted by Crippen LogP contribution is 2.23. The van der Waals surface area contributed by atoms with Crippen molar-refractivity contribution in [2.75, 3.05) is 7.11 Å². The Morgan fingerprint density at radius 2 is 1.15 bits per heavy atom. The van der Waals surface area contributed by atoms with Crippen LogP contribution in [0.15, 0.2) is 82.6 Å². The lowest BCUT2D eigenvalue weighted by Crippen LogP contribution is -2.10. The number of benzene rings is 3. The van der Waals surface area contributed by atoms with E-state index in [-0.39, 0.29) is 28.8 Å². The first-order valence-electron chi connectivity index (χ1n) is 9.83. The molecule has 0 unspecified atom stereocenters. The molecule has 3 aromatic rings. The third-order valence-electron chi connectivity index (χ3n) is 4.57. The Morgan fingerprint density at radius 1 is 0.697 bits per heavy atom. The number of carbonyl (C=O) groups excluding carboxylic acids is 2.